The van der Waals surface area contributed by atoms with Crippen LogP contribution < -0.4 is 10.1 Å². The summed E-state index contributed by atoms with van der Waals surface area (Å²) < 4.78 is 5.28. The first kappa shape index (κ1) is 13.9. The Bertz CT molecular complexity index is 582. The van der Waals surface area contributed by atoms with E-state index in [0.29, 0.717) is 12.4 Å². The minimum atomic E-state index is -0.974. The van der Waals surface area contributed by atoms with Gasteiger partial charge in [0.05, 0.1) is 12.7 Å². The van der Waals surface area contributed by atoms with Crippen LogP contribution in [0.3, 0.4) is 0 Å². The lowest BCUT2D eigenvalue weighted by molar-refractivity contribution is 0.0696. The number of hydrogen-bond donors (Lipinski definition) is 2. The van der Waals surface area contributed by atoms with Crippen LogP contribution in [0, 0.1) is 0 Å². The number of carboxylic acid groups (broad SMARTS) is 1. The van der Waals surface area contributed by atoms with E-state index >= 15 is 0 Å². The van der Waals surface area contributed by atoms with Gasteiger partial charge in [-0.25, -0.2) is 9.78 Å². The van der Waals surface area contributed by atoms with Crippen molar-refractivity contribution in [2.24, 2.45) is 0 Å². The fraction of sp³-hybridized carbons (Fsp3) is 0.200. The van der Waals surface area contributed by atoms with Crippen molar-refractivity contribution in [2.75, 3.05) is 19.0 Å². The quantitative estimate of drug-likeness (QED) is 0.845. The molecule has 2 rings (SSSR count). The number of aromatic nitrogens is 1. The van der Waals surface area contributed by atoms with Gasteiger partial charge in [0.1, 0.15) is 11.6 Å². The largest absolute Gasteiger partial charge is 0.496 e. The molecule has 0 aliphatic heterocycles. The Morgan fingerprint density at radius 2 is 2.10 bits per heavy atom. The predicted octanol–water partition coefficient (Wildman–Crippen LogP) is 2.44. The molecule has 1 aromatic heterocycles. The summed E-state index contributed by atoms with van der Waals surface area (Å²) in [5.74, 6) is 0.548. The molecule has 104 valence electrons. The number of benzene rings is 1. The highest BCUT2D eigenvalue weighted by atomic mass is 16.5. The normalized spacial score (nSPS) is 10.1. The summed E-state index contributed by atoms with van der Waals surface area (Å²) in [6.45, 7) is 0.694. The standard InChI is InChI=1S/C15H16N2O3/c1-20-13-5-3-2-4-11(13)8-9-16-14-7-6-12(10-17-14)15(18)19/h2-7,10H,8-9H2,1H3,(H,16,17)(H,18,19). The zero-order valence-electron chi connectivity index (χ0n) is 11.2. The van der Waals surface area contributed by atoms with Crippen molar-refractivity contribution in [1.29, 1.82) is 0 Å². The highest BCUT2D eigenvalue weighted by Gasteiger charge is 2.04. The maximum absolute atomic E-state index is 10.7. The van der Waals surface area contributed by atoms with Crippen molar-refractivity contribution in [3.05, 3.63) is 53.7 Å². The second kappa shape index (κ2) is 6.56. The Labute approximate surface area is 117 Å². The number of hydrogen-bond acceptors (Lipinski definition) is 4. The summed E-state index contributed by atoms with van der Waals surface area (Å²) in [5, 5.41) is 11.9. The van der Waals surface area contributed by atoms with Gasteiger partial charge in [-0.1, -0.05) is 18.2 Å². The lowest BCUT2D eigenvalue weighted by Crippen LogP contribution is -2.07. The Morgan fingerprint density at radius 3 is 2.75 bits per heavy atom. The number of ether oxygens (including phenoxy) is 1. The van der Waals surface area contributed by atoms with Crippen LogP contribution in [0.25, 0.3) is 0 Å². The Balaban J connectivity index is 1.91. The maximum Gasteiger partial charge on any atom is 0.337 e. The molecule has 0 atom stereocenters. The molecule has 0 aliphatic rings. The van der Waals surface area contributed by atoms with Crippen molar-refractivity contribution in [1.82, 2.24) is 4.98 Å². The van der Waals surface area contributed by atoms with Crippen LogP contribution in [0.15, 0.2) is 42.6 Å². The molecule has 0 radical (unpaired) electrons. The first-order valence-electron chi connectivity index (χ1n) is 6.26. The zero-order valence-corrected chi connectivity index (χ0v) is 11.2. The molecule has 2 aromatic rings. The SMILES string of the molecule is COc1ccccc1CCNc1ccc(C(=O)O)cn1. The Kier molecular flexibility index (Phi) is 4.55. The van der Waals surface area contributed by atoms with Gasteiger partial charge in [-0.2, -0.15) is 0 Å². The van der Waals surface area contributed by atoms with Gasteiger partial charge >= 0.3 is 5.97 Å². The summed E-state index contributed by atoms with van der Waals surface area (Å²) >= 11 is 0. The highest BCUT2D eigenvalue weighted by Crippen LogP contribution is 2.17. The summed E-state index contributed by atoms with van der Waals surface area (Å²) in [4.78, 5) is 14.8. The van der Waals surface area contributed by atoms with Crippen molar-refractivity contribution in [2.45, 2.75) is 6.42 Å². The zero-order chi connectivity index (χ0) is 14.4. The third-order valence-corrected chi connectivity index (χ3v) is 2.90. The summed E-state index contributed by atoms with van der Waals surface area (Å²) in [6.07, 6.45) is 2.14. The van der Waals surface area contributed by atoms with Crippen molar-refractivity contribution < 1.29 is 14.6 Å². The molecule has 0 saturated heterocycles. The van der Waals surface area contributed by atoms with Gasteiger partial charge in [0.2, 0.25) is 0 Å². The molecule has 0 aliphatic carbocycles. The third kappa shape index (κ3) is 3.47. The molecule has 1 heterocycles. The van der Waals surface area contributed by atoms with Crippen LogP contribution in [-0.2, 0) is 6.42 Å². The minimum absolute atomic E-state index is 0.181. The number of rotatable bonds is 6. The average Bonchev–Trinajstić information content (AvgIpc) is 2.48. The van der Waals surface area contributed by atoms with Crippen LogP contribution >= 0.6 is 0 Å². The number of para-hydroxylation sites is 1. The molecule has 5 nitrogen and oxygen atoms in total. The number of nitrogens with zero attached hydrogens (tertiary/aromatic N) is 1. The van der Waals surface area contributed by atoms with Crippen LogP contribution in [0.4, 0.5) is 5.82 Å². The second-order valence-electron chi connectivity index (χ2n) is 4.23. The average molecular weight is 272 g/mol. The van der Waals surface area contributed by atoms with E-state index in [2.05, 4.69) is 10.3 Å². The van der Waals surface area contributed by atoms with Crippen molar-refractivity contribution in [3.8, 4) is 5.75 Å². The molecule has 0 bridgehead atoms. The summed E-state index contributed by atoms with van der Waals surface area (Å²) in [6, 6.07) is 11.0. The molecule has 0 saturated carbocycles. The molecule has 0 fully saturated rings. The number of methoxy groups -OCH3 is 1. The summed E-state index contributed by atoms with van der Waals surface area (Å²) in [5.41, 5.74) is 1.30. The van der Waals surface area contributed by atoms with Crippen LogP contribution in [0.1, 0.15) is 15.9 Å². The number of carbonyl (C=O) groups is 1. The number of carboxylic acids is 1. The first-order valence-corrected chi connectivity index (χ1v) is 6.26. The monoisotopic (exact) mass is 272 g/mol. The Hall–Kier alpha value is -2.56. The van der Waals surface area contributed by atoms with Crippen molar-refractivity contribution >= 4 is 11.8 Å². The van der Waals surface area contributed by atoms with Crippen LogP contribution in [-0.4, -0.2) is 29.7 Å². The van der Waals surface area contributed by atoms with E-state index in [1.165, 1.54) is 12.3 Å². The smallest absolute Gasteiger partial charge is 0.337 e. The van der Waals surface area contributed by atoms with E-state index < -0.39 is 5.97 Å². The van der Waals surface area contributed by atoms with Gasteiger partial charge in [0.15, 0.2) is 0 Å². The molecule has 1 aromatic carbocycles. The minimum Gasteiger partial charge on any atom is -0.496 e. The second-order valence-corrected chi connectivity index (χ2v) is 4.23. The van der Waals surface area contributed by atoms with Gasteiger partial charge in [-0.05, 0) is 30.2 Å². The fourth-order valence-electron chi connectivity index (χ4n) is 1.86. The summed E-state index contributed by atoms with van der Waals surface area (Å²) in [7, 11) is 1.65. The van der Waals surface area contributed by atoms with Crippen LogP contribution in [0.5, 0.6) is 5.75 Å². The molecule has 20 heavy (non-hydrogen) atoms. The van der Waals surface area contributed by atoms with Gasteiger partial charge in [-0.15, -0.1) is 0 Å². The van der Waals surface area contributed by atoms with E-state index in [-0.39, 0.29) is 5.56 Å². The molecule has 0 unspecified atom stereocenters. The fourth-order valence-corrected chi connectivity index (χ4v) is 1.86. The van der Waals surface area contributed by atoms with E-state index in [1.807, 2.05) is 24.3 Å². The van der Waals surface area contributed by atoms with E-state index in [4.69, 9.17) is 9.84 Å². The first-order chi connectivity index (χ1) is 9.70. The molecule has 2 N–H and O–H groups in total. The Morgan fingerprint density at radius 1 is 1.30 bits per heavy atom. The number of anilines is 1. The van der Waals surface area contributed by atoms with Crippen molar-refractivity contribution in [3.63, 3.8) is 0 Å². The maximum atomic E-state index is 10.7. The van der Waals surface area contributed by atoms with Gasteiger partial charge in [-0.3, -0.25) is 0 Å². The third-order valence-electron chi connectivity index (χ3n) is 2.90. The molecular formula is C15H16N2O3. The van der Waals surface area contributed by atoms with E-state index in [0.717, 1.165) is 17.7 Å². The lowest BCUT2D eigenvalue weighted by atomic mass is 10.1. The molecule has 0 spiro atoms. The number of pyridine rings is 1. The van der Waals surface area contributed by atoms with E-state index in [1.54, 1.807) is 13.2 Å². The number of aromatic carboxylic acids is 1. The topological polar surface area (TPSA) is 71.5 Å². The van der Waals surface area contributed by atoms with Crippen LogP contribution in [0.2, 0.25) is 0 Å². The molecule has 0 amide bonds. The van der Waals surface area contributed by atoms with E-state index in [9.17, 15) is 4.79 Å². The molecule has 5 heteroatoms. The number of nitrogens with one attached hydrogen (secondary N) is 1. The predicted molar refractivity (Wildman–Crippen MR) is 76.4 cm³/mol. The lowest BCUT2D eigenvalue weighted by Gasteiger charge is -2.09. The van der Waals surface area contributed by atoms with Gasteiger partial charge in [0, 0.05) is 12.7 Å². The van der Waals surface area contributed by atoms with Gasteiger partial charge < -0.3 is 15.2 Å². The van der Waals surface area contributed by atoms with Gasteiger partial charge in [0.25, 0.3) is 0 Å². The highest BCUT2D eigenvalue weighted by molar-refractivity contribution is 5.87. The molecular weight excluding hydrogens is 256 g/mol.